The molecule has 1 aromatic rings. The molecule has 2 atom stereocenters. The van der Waals surface area contributed by atoms with Crippen LogP contribution in [0.4, 0.5) is 0 Å². The van der Waals surface area contributed by atoms with E-state index in [-0.39, 0.29) is 24.0 Å². The molecule has 0 bridgehead atoms. The van der Waals surface area contributed by atoms with Gasteiger partial charge in [-0.2, -0.15) is 0 Å². The molecule has 136 valence electrons. The second-order valence-electron chi connectivity index (χ2n) is 7.23. The second-order valence-corrected chi connectivity index (χ2v) is 7.23. The van der Waals surface area contributed by atoms with Gasteiger partial charge in [0.25, 0.3) is 11.8 Å². The van der Waals surface area contributed by atoms with Crippen molar-refractivity contribution < 1.29 is 14.3 Å². The van der Waals surface area contributed by atoms with Crippen molar-refractivity contribution in [3.8, 4) is 0 Å². The van der Waals surface area contributed by atoms with Crippen molar-refractivity contribution in [3.63, 3.8) is 0 Å². The van der Waals surface area contributed by atoms with Gasteiger partial charge in [-0.3, -0.25) is 9.59 Å². The first kappa shape index (κ1) is 17.9. The molecular formula is C20H28N2O3. The molecule has 0 saturated carbocycles. The molecule has 0 aromatic heterocycles. The van der Waals surface area contributed by atoms with Crippen molar-refractivity contribution in [2.24, 2.45) is 0 Å². The number of hydrogen-bond acceptors (Lipinski definition) is 3. The summed E-state index contributed by atoms with van der Waals surface area (Å²) in [5.74, 6) is -0.923. The first-order valence-corrected chi connectivity index (χ1v) is 9.27. The first-order valence-electron chi connectivity index (χ1n) is 9.27. The Morgan fingerprint density at radius 1 is 0.960 bits per heavy atom. The van der Waals surface area contributed by atoms with Crippen LogP contribution < -0.4 is 0 Å². The van der Waals surface area contributed by atoms with Gasteiger partial charge >= 0.3 is 0 Å². The fraction of sp³-hybridized carbons (Fsp3) is 0.600. The minimum atomic E-state index is -0.706. The van der Waals surface area contributed by atoms with Crippen LogP contribution in [-0.4, -0.2) is 47.1 Å². The maximum Gasteiger partial charge on any atom is 0.258 e. The molecule has 0 N–H and O–H groups in total. The third-order valence-corrected chi connectivity index (χ3v) is 5.17. The minimum absolute atomic E-state index is 0.0789. The van der Waals surface area contributed by atoms with E-state index in [1.54, 1.807) is 10.0 Å². The van der Waals surface area contributed by atoms with E-state index in [1.165, 1.54) is 5.56 Å². The number of rotatable bonds is 3. The number of hydrazine groups is 1. The van der Waals surface area contributed by atoms with Crippen molar-refractivity contribution >= 4 is 11.8 Å². The van der Waals surface area contributed by atoms with E-state index < -0.39 is 5.92 Å². The van der Waals surface area contributed by atoms with Gasteiger partial charge in [0.05, 0.1) is 25.3 Å². The van der Waals surface area contributed by atoms with Gasteiger partial charge in [-0.05, 0) is 50.3 Å². The molecule has 2 amide bonds. The second kappa shape index (κ2) is 6.79. The topological polar surface area (TPSA) is 49.9 Å². The molecule has 5 heteroatoms. The highest BCUT2D eigenvalue weighted by atomic mass is 16.5. The number of fused-ring (bicyclic) bond motifs is 1. The van der Waals surface area contributed by atoms with Crippen molar-refractivity contribution in [2.75, 3.05) is 13.1 Å². The molecule has 25 heavy (non-hydrogen) atoms. The van der Waals surface area contributed by atoms with E-state index in [0.717, 1.165) is 29.5 Å². The van der Waals surface area contributed by atoms with Crippen molar-refractivity contribution in [1.82, 2.24) is 10.0 Å². The van der Waals surface area contributed by atoms with Gasteiger partial charge in [-0.15, -0.1) is 0 Å². The molecule has 0 aliphatic carbocycles. The van der Waals surface area contributed by atoms with Crippen LogP contribution in [0.15, 0.2) is 12.1 Å². The van der Waals surface area contributed by atoms with Gasteiger partial charge in [-0.1, -0.05) is 31.5 Å². The van der Waals surface area contributed by atoms with Gasteiger partial charge in [0.15, 0.2) is 0 Å². The lowest BCUT2D eigenvalue weighted by molar-refractivity contribution is -0.146. The van der Waals surface area contributed by atoms with Gasteiger partial charge in [0.2, 0.25) is 0 Å². The summed E-state index contributed by atoms with van der Waals surface area (Å²) in [5, 5.41) is 3.22. The average Bonchev–Trinajstić information content (AvgIpc) is 2.70. The predicted octanol–water partition coefficient (Wildman–Crippen LogP) is 2.60. The molecule has 0 spiro atoms. The molecule has 1 aromatic carbocycles. The fourth-order valence-corrected chi connectivity index (χ4v) is 4.14. The van der Waals surface area contributed by atoms with Crippen molar-refractivity contribution in [3.05, 3.63) is 34.4 Å². The van der Waals surface area contributed by atoms with Crippen LogP contribution in [0.1, 0.15) is 55.9 Å². The molecule has 2 aliphatic heterocycles. The van der Waals surface area contributed by atoms with Crippen LogP contribution in [0.2, 0.25) is 0 Å². The summed E-state index contributed by atoms with van der Waals surface area (Å²) in [7, 11) is 0. The van der Waals surface area contributed by atoms with Crippen molar-refractivity contribution in [2.45, 2.75) is 65.6 Å². The van der Waals surface area contributed by atoms with Gasteiger partial charge < -0.3 is 4.74 Å². The highest BCUT2D eigenvalue weighted by Crippen LogP contribution is 2.36. The van der Waals surface area contributed by atoms with Crippen LogP contribution in [0.3, 0.4) is 0 Å². The fourth-order valence-electron chi connectivity index (χ4n) is 4.14. The highest BCUT2D eigenvalue weighted by molar-refractivity contribution is 6.10. The monoisotopic (exact) mass is 344 g/mol. The molecular weight excluding hydrogens is 316 g/mol. The number of carbonyl (C=O) groups is 2. The number of aryl methyl sites for hydroxylation is 3. The maximum atomic E-state index is 13.2. The zero-order chi connectivity index (χ0) is 18.3. The summed E-state index contributed by atoms with van der Waals surface area (Å²) in [4.78, 5) is 26.4. The van der Waals surface area contributed by atoms with Crippen LogP contribution >= 0.6 is 0 Å². The van der Waals surface area contributed by atoms with E-state index >= 15 is 0 Å². The maximum absolute atomic E-state index is 13.2. The van der Waals surface area contributed by atoms with E-state index in [0.29, 0.717) is 13.1 Å². The molecule has 0 radical (unpaired) electrons. The number of carbonyl (C=O) groups excluding carboxylic acids is 2. The Balaban J connectivity index is 2.07. The summed E-state index contributed by atoms with van der Waals surface area (Å²) in [6.45, 7) is 11.0. The predicted molar refractivity (Wildman–Crippen MR) is 96.1 cm³/mol. The summed E-state index contributed by atoms with van der Waals surface area (Å²) < 4.78 is 5.80. The molecule has 2 aliphatic rings. The lowest BCUT2D eigenvalue weighted by Gasteiger charge is -2.25. The van der Waals surface area contributed by atoms with E-state index in [9.17, 15) is 9.59 Å². The van der Waals surface area contributed by atoms with Crippen LogP contribution in [0.5, 0.6) is 0 Å². The minimum Gasteiger partial charge on any atom is -0.372 e. The van der Waals surface area contributed by atoms with E-state index in [2.05, 4.69) is 32.9 Å². The van der Waals surface area contributed by atoms with Crippen LogP contribution in [0, 0.1) is 6.92 Å². The number of amides is 2. The molecule has 2 fully saturated rings. The molecule has 2 saturated heterocycles. The number of ether oxygens (including phenoxy) is 1. The lowest BCUT2D eigenvalue weighted by atomic mass is 9.85. The smallest absolute Gasteiger partial charge is 0.258 e. The SMILES string of the molecule is CCc1cc(C)cc(CC)c1C1C(=O)N2CC(C)OC(C)CN2C1=O. The van der Waals surface area contributed by atoms with Gasteiger partial charge in [-0.25, -0.2) is 10.0 Å². The normalized spacial score (nSPS) is 26.8. The van der Waals surface area contributed by atoms with Crippen molar-refractivity contribution in [1.29, 1.82) is 0 Å². The largest absolute Gasteiger partial charge is 0.372 e. The summed E-state index contributed by atoms with van der Waals surface area (Å²) >= 11 is 0. The Hall–Kier alpha value is -1.88. The van der Waals surface area contributed by atoms with Crippen LogP contribution in [-0.2, 0) is 27.2 Å². The zero-order valence-corrected chi connectivity index (χ0v) is 15.8. The number of nitrogens with zero attached hydrogens (tertiary/aromatic N) is 2. The van der Waals surface area contributed by atoms with Gasteiger partial charge in [0.1, 0.15) is 5.92 Å². The summed E-state index contributed by atoms with van der Waals surface area (Å²) in [6, 6.07) is 4.23. The standard InChI is InChI=1S/C20H28N2O3/c1-6-15-8-12(3)9-16(7-2)17(15)18-19(23)21-10-13(4)25-14(5)11-22(21)20(18)24/h8-9,13-14,18H,6-7,10-11H2,1-5H3. The van der Waals surface area contributed by atoms with Gasteiger partial charge in [0, 0.05) is 0 Å². The molecule has 2 unspecified atom stereocenters. The zero-order valence-electron chi connectivity index (χ0n) is 15.8. The quantitative estimate of drug-likeness (QED) is 0.792. The van der Waals surface area contributed by atoms with E-state index in [4.69, 9.17) is 4.74 Å². The highest BCUT2D eigenvalue weighted by Gasteiger charge is 2.49. The Bertz CT molecular complexity index is 647. The van der Waals surface area contributed by atoms with Crippen LogP contribution in [0.25, 0.3) is 0 Å². The Kier molecular flexibility index (Phi) is 4.87. The number of benzene rings is 1. The lowest BCUT2D eigenvalue weighted by Crippen LogP contribution is -2.43. The first-order chi connectivity index (χ1) is 11.9. The Labute approximate surface area is 149 Å². The average molecular weight is 344 g/mol. The molecule has 2 heterocycles. The molecule has 5 nitrogen and oxygen atoms in total. The summed E-state index contributed by atoms with van der Waals surface area (Å²) in [5.41, 5.74) is 4.33. The Morgan fingerprint density at radius 3 is 1.80 bits per heavy atom. The summed E-state index contributed by atoms with van der Waals surface area (Å²) in [6.07, 6.45) is 1.48. The van der Waals surface area contributed by atoms with E-state index in [1.807, 2.05) is 13.8 Å². The Morgan fingerprint density at radius 2 is 1.40 bits per heavy atom. The third kappa shape index (κ3) is 3.06. The molecule has 3 rings (SSSR count). The third-order valence-electron chi connectivity index (χ3n) is 5.17. The number of hydrogen-bond donors (Lipinski definition) is 0.